The molecule has 1 heterocycles. The van der Waals surface area contributed by atoms with Gasteiger partial charge in [-0.2, -0.15) is 0 Å². The van der Waals surface area contributed by atoms with Gasteiger partial charge in [0.2, 0.25) is 0 Å². The van der Waals surface area contributed by atoms with Gasteiger partial charge in [-0.1, -0.05) is 29.3 Å². The molecule has 1 aliphatic heterocycles. The number of likely N-dealkylation sites (tertiary alicyclic amines) is 1. The minimum atomic E-state index is 0.557. The van der Waals surface area contributed by atoms with Crippen LogP contribution in [-0.4, -0.2) is 37.2 Å². The van der Waals surface area contributed by atoms with Gasteiger partial charge in [-0.15, -0.1) is 0 Å². The van der Waals surface area contributed by atoms with Gasteiger partial charge >= 0.3 is 0 Å². The van der Waals surface area contributed by atoms with Gasteiger partial charge in [0.05, 0.1) is 10.0 Å². The lowest BCUT2D eigenvalue weighted by Crippen LogP contribution is -2.32. The number of hydrogen-bond acceptors (Lipinski definition) is 3. The van der Waals surface area contributed by atoms with Crippen LogP contribution in [0.2, 0.25) is 10.0 Å². The number of ether oxygens (including phenoxy) is 1. The molecule has 0 amide bonds. The van der Waals surface area contributed by atoms with Crippen molar-refractivity contribution < 1.29 is 4.74 Å². The van der Waals surface area contributed by atoms with E-state index in [-0.39, 0.29) is 0 Å². The van der Waals surface area contributed by atoms with Gasteiger partial charge < -0.3 is 10.5 Å². The van der Waals surface area contributed by atoms with E-state index in [2.05, 4.69) is 11.8 Å². The Labute approximate surface area is 124 Å². The molecule has 1 aromatic rings. The summed E-state index contributed by atoms with van der Waals surface area (Å²) in [6, 6.07) is 5.95. The van der Waals surface area contributed by atoms with Crippen molar-refractivity contribution in [3.05, 3.63) is 28.2 Å². The van der Waals surface area contributed by atoms with Crippen molar-refractivity contribution in [3.8, 4) is 5.75 Å². The molecule has 1 fully saturated rings. The maximum Gasteiger partial charge on any atom is 0.156 e. The van der Waals surface area contributed by atoms with E-state index in [1.807, 2.05) is 6.07 Å². The van der Waals surface area contributed by atoms with E-state index < -0.39 is 0 Å². The second kappa shape index (κ2) is 6.80. The molecule has 1 saturated heterocycles. The average Bonchev–Trinajstić information content (AvgIpc) is 2.74. The lowest BCUT2D eigenvalue weighted by atomic mass is 10.1. The van der Waals surface area contributed by atoms with Gasteiger partial charge in [-0.05, 0) is 37.9 Å². The first kappa shape index (κ1) is 14.9. The molecule has 19 heavy (non-hydrogen) atoms. The lowest BCUT2D eigenvalue weighted by molar-refractivity contribution is 0.202. The highest BCUT2D eigenvalue weighted by atomic mass is 35.5. The highest BCUT2D eigenvalue weighted by Crippen LogP contribution is 2.32. The average molecular weight is 303 g/mol. The van der Waals surface area contributed by atoms with Crippen LogP contribution in [0.4, 0.5) is 0 Å². The molecule has 2 N–H and O–H groups in total. The number of nitrogens with two attached hydrogens (primary N) is 1. The van der Waals surface area contributed by atoms with Gasteiger partial charge in [0, 0.05) is 19.1 Å². The number of nitrogens with zero attached hydrogens (tertiary/aromatic N) is 1. The highest BCUT2D eigenvalue weighted by molar-refractivity contribution is 6.37. The summed E-state index contributed by atoms with van der Waals surface area (Å²) in [7, 11) is 0. The van der Waals surface area contributed by atoms with E-state index in [4.69, 9.17) is 33.7 Å². The molecule has 0 bridgehead atoms. The summed E-state index contributed by atoms with van der Waals surface area (Å²) >= 11 is 12.1. The van der Waals surface area contributed by atoms with Crippen molar-refractivity contribution in [1.82, 2.24) is 4.90 Å². The fourth-order valence-electron chi connectivity index (χ4n) is 2.59. The Morgan fingerprint density at radius 3 is 2.63 bits per heavy atom. The van der Waals surface area contributed by atoms with Gasteiger partial charge in [-0.3, -0.25) is 4.90 Å². The van der Waals surface area contributed by atoms with Crippen molar-refractivity contribution in [3.63, 3.8) is 0 Å². The van der Waals surface area contributed by atoms with Crippen LogP contribution in [0.3, 0.4) is 0 Å². The first-order valence-electron chi connectivity index (χ1n) is 6.62. The number of hydrogen-bond donors (Lipinski definition) is 1. The van der Waals surface area contributed by atoms with Crippen LogP contribution >= 0.6 is 23.2 Å². The van der Waals surface area contributed by atoms with Crippen LogP contribution in [0.1, 0.15) is 13.3 Å². The number of halogens is 2. The minimum absolute atomic E-state index is 0.557. The Kier molecular flexibility index (Phi) is 5.34. The number of para-hydroxylation sites is 1. The molecule has 0 aliphatic carbocycles. The molecule has 106 valence electrons. The van der Waals surface area contributed by atoms with Crippen molar-refractivity contribution in [2.75, 3.05) is 26.2 Å². The zero-order valence-electron chi connectivity index (χ0n) is 11.1. The summed E-state index contributed by atoms with van der Waals surface area (Å²) in [6.07, 6.45) is 1.17. The van der Waals surface area contributed by atoms with Crippen LogP contribution < -0.4 is 10.5 Å². The largest absolute Gasteiger partial charge is 0.489 e. The van der Waals surface area contributed by atoms with Crippen LogP contribution in [0.5, 0.6) is 5.75 Å². The monoisotopic (exact) mass is 302 g/mol. The molecule has 5 heteroatoms. The van der Waals surface area contributed by atoms with Crippen molar-refractivity contribution in [2.24, 2.45) is 11.7 Å². The summed E-state index contributed by atoms with van der Waals surface area (Å²) in [6.45, 7) is 5.51. The fourth-order valence-corrected chi connectivity index (χ4v) is 3.09. The first-order chi connectivity index (χ1) is 9.11. The standard InChI is InChI=1S/C14H20Cl2N2O/c1-10-7-11(8-17)9-18(10)5-6-19-14-12(15)3-2-4-13(14)16/h2-4,10-11H,5-9,17H2,1H3. The third kappa shape index (κ3) is 3.76. The van der Waals surface area contributed by atoms with Crippen molar-refractivity contribution >= 4 is 23.2 Å². The SMILES string of the molecule is CC1CC(CN)CN1CCOc1c(Cl)cccc1Cl. The molecule has 0 spiro atoms. The third-order valence-electron chi connectivity index (χ3n) is 3.67. The molecule has 3 nitrogen and oxygen atoms in total. The molecular formula is C14H20Cl2N2O. The smallest absolute Gasteiger partial charge is 0.156 e. The Morgan fingerprint density at radius 2 is 2.05 bits per heavy atom. The second-order valence-electron chi connectivity index (χ2n) is 5.08. The molecule has 1 aromatic carbocycles. The Morgan fingerprint density at radius 1 is 1.37 bits per heavy atom. The molecule has 2 unspecified atom stereocenters. The molecule has 1 aliphatic rings. The van der Waals surface area contributed by atoms with Crippen LogP contribution in [-0.2, 0) is 0 Å². The van der Waals surface area contributed by atoms with E-state index in [1.165, 1.54) is 6.42 Å². The fraction of sp³-hybridized carbons (Fsp3) is 0.571. The summed E-state index contributed by atoms with van der Waals surface area (Å²) < 4.78 is 5.71. The van der Waals surface area contributed by atoms with E-state index in [0.717, 1.165) is 19.6 Å². The summed E-state index contributed by atoms with van der Waals surface area (Å²) in [4.78, 5) is 2.41. The second-order valence-corrected chi connectivity index (χ2v) is 5.90. The Balaban J connectivity index is 1.84. The van der Waals surface area contributed by atoms with Gasteiger partial charge in [0.15, 0.2) is 5.75 Å². The summed E-state index contributed by atoms with van der Waals surface area (Å²) in [5.74, 6) is 1.19. The van der Waals surface area contributed by atoms with E-state index in [1.54, 1.807) is 12.1 Å². The molecule has 2 rings (SSSR count). The summed E-state index contributed by atoms with van der Waals surface area (Å²) in [5, 5.41) is 1.11. The molecule has 0 radical (unpaired) electrons. The highest BCUT2D eigenvalue weighted by Gasteiger charge is 2.27. The van der Waals surface area contributed by atoms with E-state index in [0.29, 0.717) is 34.4 Å². The maximum absolute atomic E-state index is 6.06. The Hall–Kier alpha value is -0.480. The summed E-state index contributed by atoms with van der Waals surface area (Å²) in [5.41, 5.74) is 5.72. The predicted molar refractivity (Wildman–Crippen MR) is 80.2 cm³/mol. The molecule has 2 atom stereocenters. The third-order valence-corrected chi connectivity index (χ3v) is 4.26. The van der Waals surface area contributed by atoms with Gasteiger partial charge in [-0.25, -0.2) is 0 Å². The van der Waals surface area contributed by atoms with Gasteiger partial charge in [0.25, 0.3) is 0 Å². The van der Waals surface area contributed by atoms with Crippen LogP contribution in [0, 0.1) is 5.92 Å². The minimum Gasteiger partial charge on any atom is -0.489 e. The quantitative estimate of drug-likeness (QED) is 0.908. The van der Waals surface area contributed by atoms with E-state index >= 15 is 0 Å². The molecule has 0 aromatic heterocycles. The van der Waals surface area contributed by atoms with Crippen molar-refractivity contribution in [1.29, 1.82) is 0 Å². The lowest BCUT2D eigenvalue weighted by Gasteiger charge is -2.21. The van der Waals surface area contributed by atoms with E-state index in [9.17, 15) is 0 Å². The zero-order chi connectivity index (χ0) is 13.8. The van der Waals surface area contributed by atoms with Crippen LogP contribution in [0.25, 0.3) is 0 Å². The first-order valence-corrected chi connectivity index (χ1v) is 7.38. The molecular weight excluding hydrogens is 283 g/mol. The van der Waals surface area contributed by atoms with Crippen molar-refractivity contribution in [2.45, 2.75) is 19.4 Å². The topological polar surface area (TPSA) is 38.5 Å². The Bertz CT molecular complexity index is 408. The molecule has 0 saturated carbocycles. The zero-order valence-corrected chi connectivity index (χ0v) is 12.6. The van der Waals surface area contributed by atoms with Crippen LogP contribution in [0.15, 0.2) is 18.2 Å². The number of rotatable bonds is 5. The van der Waals surface area contributed by atoms with Gasteiger partial charge in [0.1, 0.15) is 6.61 Å². The maximum atomic E-state index is 6.06. The number of benzene rings is 1. The normalized spacial score (nSPS) is 23.8. The predicted octanol–water partition coefficient (Wildman–Crippen LogP) is 3.04.